The summed E-state index contributed by atoms with van der Waals surface area (Å²) in [5.74, 6) is 5.53. The van der Waals surface area contributed by atoms with Crippen LogP contribution in [0.5, 0.6) is 0 Å². The molecule has 0 amide bonds. The molecule has 5 heteroatoms. The molecule has 2 aromatic heterocycles. The Labute approximate surface area is 94.2 Å². The van der Waals surface area contributed by atoms with Gasteiger partial charge >= 0.3 is 0 Å². The lowest BCUT2D eigenvalue weighted by atomic mass is 10.1. The summed E-state index contributed by atoms with van der Waals surface area (Å²) in [5, 5.41) is 4.26. The van der Waals surface area contributed by atoms with Crippen LogP contribution in [-0.2, 0) is 4.74 Å². The van der Waals surface area contributed by atoms with Crippen molar-refractivity contribution in [2.45, 2.75) is 13.0 Å². The highest BCUT2D eigenvalue weighted by Crippen LogP contribution is 2.18. The molecular formula is C11H16N4O. The minimum atomic E-state index is -0.0279. The normalized spacial score (nSPS) is 13.1. The summed E-state index contributed by atoms with van der Waals surface area (Å²) in [7, 11) is 0. The molecule has 2 heterocycles. The van der Waals surface area contributed by atoms with E-state index in [0.717, 1.165) is 11.1 Å². The number of hydrogen-bond acceptors (Lipinski definition) is 4. The first kappa shape index (κ1) is 11.1. The summed E-state index contributed by atoms with van der Waals surface area (Å²) in [4.78, 5) is 0. The molecule has 3 N–H and O–H groups in total. The number of aromatic nitrogens is 2. The lowest BCUT2D eigenvalue weighted by Crippen LogP contribution is -2.31. The van der Waals surface area contributed by atoms with Crippen LogP contribution >= 0.6 is 0 Å². The van der Waals surface area contributed by atoms with Gasteiger partial charge < -0.3 is 4.74 Å². The van der Waals surface area contributed by atoms with Crippen LogP contribution in [0.25, 0.3) is 5.52 Å². The summed E-state index contributed by atoms with van der Waals surface area (Å²) >= 11 is 0. The number of nitrogens with zero attached hydrogens (tertiary/aromatic N) is 2. The summed E-state index contributed by atoms with van der Waals surface area (Å²) in [6.45, 7) is 3.18. The maximum Gasteiger partial charge on any atom is 0.0730 e. The van der Waals surface area contributed by atoms with Gasteiger partial charge in [0.1, 0.15) is 0 Å². The second kappa shape index (κ2) is 5.07. The van der Waals surface area contributed by atoms with Crippen molar-refractivity contribution in [3.63, 3.8) is 0 Å². The van der Waals surface area contributed by atoms with Crippen molar-refractivity contribution in [2.24, 2.45) is 5.84 Å². The van der Waals surface area contributed by atoms with Crippen LogP contribution in [0, 0.1) is 0 Å². The van der Waals surface area contributed by atoms with Gasteiger partial charge in [-0.2, -0.15) is 5.10 Å². The van der Waals surface area contributed by atoms with Crippen molar-refractivity contribution in [3.05, 3.63) is 36.2 Å². The van der Waals surface area contributed by atoms with E-state index in [2.05, 4.69) is 10.5 Å². The first-order valence-electron chi connectivity index (χ1n) is 5.33. The number of hydrazine groups is 1. The lowest BCUT2D eigenvalue weighted by molar-refractivity contribution is 0.123. The Morgan fingerprint density at radius 3 is 3.19 bits per heavy atom. The van der Waals surface area contributed by atoms with Gasteiger partial charge in [0.05, 0.1) is 24.4 Å². The van der Waals surface area contributed by atoms with Gasteiger partial charge in [-0.25, -0.2) is 4.52 Å². The first-order valence-corrected chi connectivity index (χ1v) is 5.33. The second-order valence-corrected chi connectivity index (χ2v) is 3.51. The average Bonchev–Trinajstić information content (AvgIpc) is 2.75. The molecule has 0 aliphatic carbocycles. The van der Waals surface area contributed by atoms with E-state index in [9.17, 15) is 0 Å². The molecule has 2 rings (SSSR count). The van der Waals surface area contributed by atoms with Crippen molar-refractivity contribution >= 4 is 5.52 Å². The highest BCUT2D eigenvalue weighted by Gasteiger charge is 2.14. The Hall–Kier alpha value is -1.43. The molecule has 0 saturated carbocycles. The first-order chi connectivity index (χ1) is 7.86. The van der Waals surface area contributed by atoms with Crippen molar-refractivity contribution in [3.8, 4) is 0 Å². The quantitative estimate of drug-likeness (QED) is 0.580. The maximum atomic E-state index is 5.53. The summed E-state index contributed by atoms with van der Waals surface area (Å²) in [6, 6.07) is 5.91. The van der Waals surface area contributed by atoms with Crippen molar-refractivity contribution in [1.29, 1.82) is 0 Å². The van der Waals surface area contributed by atoms with Crippen LogP contribution in [0.1, 0.15) is 18.5 Å². The van der Waals surface area contributed by atoms with Crippen LogP contribution in [0.3, 0.4) is 0 Å². The van der Waals surface area contributed by atoms with Gasteiger partial charge in [-0.3, -0.25) is 11.3 Å². The van der Waals surface area contributed by atoms with Crippen molar-refractivity contribution in [1.82, 2.24) is 15.0 Å². The largest absolute Gasteiger partial charge is 0.380 e. The number of hydrogen-bond donors (Lipinski definition) is 2. The van der Waals surface area contributed by atoms with Crippen LogP contribution < -0.4 is 11.3 Å². The zero-order chi connectivity index (χ0) is 11.4. The SMILES string of the molecule is CCOCC(NN)c1cnn2ccccc12. The fourth-order valence-corrected chi connectivity index (χ4v) is 1.69. The Morgan fingerprint density at radius 1 is 1.56 bits per heavy atom. The van der Waals surface area contributed by atoms with Crippen molar-refractivity contribution < 1.29 is 4.74 Å². The molecule has 0 fully saturated rings. The zero-order valence-electron chi connectivity index (χ0n) is 9.26. The minimum Gasteiger partial charge on any atom is -0.380 e. The minimum absolute atomic E-state index is 0.0279. The maximum absolute atomic E-state index is 5.53. The average molecular weight is 220 g/mol. The van der Waals surface area contributed by atoms with Gasteiger partial charge in [-0.1, -0.05) is 6.07 Å². The molecule has 0 radical (unpaired) electrons. The Morgan fingerprint density at radius 2 is 2.44 bits per heavy atom. The van der Waals surface area contributed by atoms with E-state index in [0.29, 0.717) is 13.2 Å². The topological polar surface area (TPSA) is 64.6 Å². The Kier molecular flexibility index (Phi) is 3.51. The molecule has 86 valence electrons. The van der Waals surface area contributed by atoms with Crippen LogP contribution in [0.4, 0.5) is 0 Å². The van der Waals surface area contributed by atoms with E-state index in [-0.39, 0.29) is 6.04 Å². The highest BCUT2D eigenvalue weighted by atomic mass is 16.5. The molecule has 0 aliphatic heterocycles. The van der Waals surface area contributed by atoms with Crippen LogP contribution in [0.2, 0.25) is 0 Å². The third-order valence-electron chi connectivity index (χ3n) is 2.52. The molecule has 0 saturated heterocycles. The van der Waals surface area contributed by atoms with E-state index in [1.165, 1.54) is 0 Å². The highest BCUT2D eigenvalue weighted by molar-refractivity contribution is 5.54. The van der Waals surface area contributed by atoms with E-state index in [1.807, 2.05) is 42.0 Å². The molecule has 1 unspecified atom stereocenters. The third kappa shape index (κ3) is 2.06. The Balaban J connectivity index is 2.30. The van der Waals surface area contributed by atoms with Crippen LogP contribution in [0.15, 0.2) is 30.6 Å². The number of nitrogens with one attached hydrogen (secondary N) is 1. The van der Waals surface area contributed by atoms with E-state index in [1.54, 1.807) is 0 Å². The van der Waals surface area contributed by atoms with Gasteiger partial charge in [0.25, 0.3) is 0 Å². The Bertz CT molecular complexity index is 454. The van der Waals surface area contributed by atoms with Gasteiger partial charge in [-0.15, -0.1) is 0 Å². The van der Waals surface area contributed by atoms with Crippen LogP contribution in [-0.4, -0.2) is 22.8 Å². The molecular weight excluding hydrogens is 204 g/mol. The lowest BCUT2D eigenvalue weighted by Gasteiger charge is -2.14. The number of pyridine rings is 1. The van der Waals surface area contributed by atoms with Gasteiger partial charge in [0.2, 0.25) is 0 Å². The van der Waals surface area contributed by atoms with E-state index >= 15 is 0 Å². The number of fused-ring (bicyclic) bond motifs is 1. The fraction of sp³-hybridized carbons (Fsp3) is 0.364. The number of rotatable bonds is 5. The molecule has 0 aliphatic rings. The third-order valence-corrected chi connectivity index (χ3v) is 2.52. The molecule has 0 bridgehead atoms. The van der Waals surface area contributed by atoms with Gasteiger partial charge in [0, 0.05) is 18.4 Å². The number of ether oxygens (including phenoxy) is 1. The standard InChI is InChI=1S/C11H16N4O/c1-2-16-8-10(14-12)9-7-13-15-6-4-3-5-11(9)15/h3-7,10,14H,2,8,12H2,1H3. The molecule has 0 aromatic carbocycles. The zero-order valence-corrected chi connectivity index (χ0v) is 9.26. The van der Waals surface area contributed by atoms with E-state index in [4.69, 9.17) is 10.6 Å². The number of nitrogens with two attached hydrogens (primary N) is 1. The molecule has 16 heavy (non-hydrogen) atoms. The smallest absolute Gasteiger partial charge is 0.0730 e. The summed E-state index contributed by atoms with van der Waals surface area (Å²) in [5.41, 5.74) is 4.85. The molecule has 5 nitrogen and oxygen atoms in total. The van der Waals surface area contributed by atoms with Crippen molar-refractivity contribution in [2.75, 3.05) is 13.2 Å². The van der Waals surface area contributed by atoms with E-state index < -0.39 is 0 Å². The predicted molar refractivity (Wildman–Crippen MR) is 61.7 cm³/mol. The van der Waals surface area contributed by atoms with Gasteiger partial charge in [-0.05, 0) is 19.1 Å². The fourth-order valence-electron chi connectivity index (χ4n) is 1.69. The molecule has 0 spiro atoms. The second-order valence-electron chi connectivity index (χ2n) is 3.51. The molecule has 2 aromatic rings. The summed E-state index contributed by atoms with van der Waals surface area (Å²) in [6.07, 6.45) is 3.73. The van der Waals surface area contributed by atoms with Gasteiger partial charge in [0.15, 0.2) is 0 Å². The summed E-state index contributed by atoms with van der Waals surface area (Å²) < 4.78 is 7.20. The predicted octanol–water partition coefficient (Wildman–Crippen LogP) is 0.875. The molecule has 1 atom stereocenters. The monoisotopic (exact) mass is 220 g/mol.